The first-order chi connectivity index (χ1) is 4.20. The summed E-state index contributed by atoms with van der Waals surface area (Å²) < 4.78 is 23.5. The lowest BCUT2D eigenvalue weighted by Crippen LogP contribution is -2.33. The summed E-state index contributed by atoms with van der Waals surface area (Å²) in [6.45, 7) is -0.0952. The average molecular weight is 134 g/mol. The van der Waals surface area contributed by atoms with E-state index < -0.39 is 6.55 Å². The number of hydrogen-bond acceptors (Lipinski definition) is 2. The van der Waals surface area contributed by atoms with Crippen LogP contribution in [0.3, 0.4) is 0 Å². The zero-order valence-electron chi connectivity index (χ0n) is 5.06. The Balaban J connectivity index is 2.47. The summed E-state index contributed by atoms with van der Waals surface area (Å²) in [5, 5.41) is 0.801. The Hall–Kier alpha value is -0.640. The molecule has 0 spiro atoms. The molecule has 52 valence electrons. The molecular weight excluding hydrogens is 126 g/mol. The third-order valence-corrected chi connectivity index (χ3v) is 1.11. The van der Waals surface area contributed by atoms with Crippen molar-refractivity contribution >= 4 is 0 Å². The monoisotopic (exact) mass is 134 g/mol. The number of alkyl halides is 2. The zero-order valence-corrected chi connectivity index (χ0v) is 5.06. The van der Waals surface area contributed by atoms with Crippen LogP contribution in [-0.4, -0.2) is 18.1 Å². The van der Waals surface area contributed by atoms with Gasteiger partial charge in [0.05, 0.1) is 0 Å². The molecule has 1 aliphatic rings. The third kappa shape index (κ3) is 1.38. The van der Waals surface area contributed by atoms with Crippen molar-refractivity contribution < 1.29 is 8.78 Å². The molecule has 1 N–H and O–H groups in total. The van der Waals surface area contributed by atoms with Crippen molar-refractivity contribution in [3.63, 3.8) is 0 Å². The Morgan fingerprint density at radius 3 is 2.67 bits per heavy atom. The van der Waals surface area contributed by atoms with Crippen LogP contribution < -0.4 is 5.43 Å². The number of nitrogens with zero attached hydrogens (tertiary/aromatic N) is 1. The lowest BCUT2D eigenvalue weighted by Gasteiger charge is -2.12. The first-order valence-corrected chi connectivity index (χ1v) is 2.67. The van der Waals surface area contributed by atoms with Crippen LogP contribution >= 0.6 is 0 Å². The predicted octanol–water partition coefficient (Wildman–Crippen LogP) is 0.933. The molecule has 1 heterocycles. The van der Waals surface area contributed by atoms with E-state index in [4.69, 9.17) is 0 Å². The summed E-state index contributed by atoms with van der Waals surface area (Å²) in [5.74, 6) is 0. The lowest BCUT2D eigenvalue weighted by atomic mass is 10.4. The molecule has 2 nitrogen and oxygen atoms in total. The molecule has 0 atom stereocenters. The molecule has 9 heavy (non-hydrogen) atoms. The molecule has 1 aliphatic heterocycles. The standard InChI is InChI=1S/C5H8F2N2/c1-4-2-8-9(3-4)5(6)7/h3,5,8H,2H2,1H3. The van der Waals surface area contributed by atoms with Gasteiger partial charge in [0.2, 0.25) is 0 Å². The van der Waals surface area contributed by atoms with Gasteiger partial charge in [-0.1, -0.05) is 0 Å². The average Bonchev–Trinajstić information content (AvgIpc) is 2.14. The van der Waals surface area contributed by atoms with E-state index in [0.29, 0.717) is 6.54 Å². The molecule has 0 unspecified atom stereocenters. The molecular formula is C5H8F2N2. The Morgan fingerprint density at radius 1 is 1.78 bits per heavy atom. The Labute approximate surface area is 52.1 Å². The van der Waals surface area contributed by atoms with Gasteiger partial charge in [-0.3, -0.25) is 5.01 Å². The van der Waals surface area contributed by atoms with Gasteiger partial charge in [-0.2, -0.15) is 8.78 Å². The van der Waals surface area contributed by atoms with Gasteiger partial charge in [0.25, 0.3) is 0 Å². The fourth-order valence-corrected chi connectivity index (χ4v) is 0.670. The van der Waals surface area contributed by atoms with Crippen molar-refractivity contribution in [1.82, 2.24) is 10.4 Å². The second-order valence-electron chi connectivity index (χ2n) is 2.00. The van der Waals surface area contributed by atoms with E-state index in [1.54, 1.807) is 6.92 Å². The summed E-state index contributed by atoms with van der Waals surface area (Å²) in [6, 6.07) is 0. The maximum atomic E-state index is 11.7. The van der Waals surface area contributed by atoms with Gasteiger partial charge < -0.3 is 0 Å². The molecule has 0 aromatic heterocycles. The van der Waals surface area contributed by atoms with Crippen molar-refractivity contribution in [2.75, 3.05) is 6.54 Å². The summed E-state index contributed by atoms with van der Waals surface area (Å²) in [7, 11) is 0. The summed E-state index contributed by atoms with van der Waals surface area (Å²) in [4.78, 5) is 0. The van der Waals surface area contributed by atoms with E-state index in [9.17, 15) is 8.78 Å². The number of rotatable bonds is 1. The number of hydrogen-bond donors (Lipinski definition) is 1. The molecule has 0 aromatic rings. The minimum atomic E-state index is -2.43. The number of nitrogens with one attached hydrogen (secondary N) is 1. The smallest absolute Gasteiger partial charge is 0.256 e. The molecule has 0 saturated heterocycles. The first-order valence-electron chi connectivity index (χ1n) is 2.67. The minimum Gasteiger partial charge on any atom is -0.256 e. The van der Waals surface area contributed by atoms with Gasteiger partial charge >= 0.3 is 6.55 Å². The second-order valence-corrected chi connectivity index (χ2v) is 2.00. The first kappa shape index (κ1) is 6.48. The van der Waals surface area contributed by atoms with Crippen LogP contribution in [0.2, 0.25) is 0 Å². The highest BCUT2D eigenvalue weighted by molar-refractivity contribution is 5.03. The maximum absolute atomic E-state index is 11.7. The summed E-state index contributed by atoms with van der Waals surface area (Å²) >= 11 is 0. The van der Waals surface area contributed by atoms with Crippen LogP contribution in [0.1, 0.15) is 6.92 Å². The predicted molar refractivity (Wildman–Crippen MR) is 29.6 cm³/mol. The molecule has 0 aliphatic carbocycles. The van der Waals surface area contributed by atoms with E-state index in [-0.39, 0.29) is 0 Å². The van der Waals surface area contributed by atoms with Crippen LogP contribution in [0.4, 0.5) is 8.78 Å². The van der Waals surface area contributed by atoms with Crippen LogP contribution in [0.25, 0.3) is 0 Å². The molecule has 0 bridgehead atoms. The van der Waals surface area contributed by atoms with Gasteiger partial charge in [-0.15, -0.1) is 0 Å². The fourth-order valence-electron chi connectivity index (χ4n) is 0.670. The van der Waals surface area contributed by atoms with Gasteiger partial charge in [0.15, 0.2) is 0 Å². The molecule has 0 saturated carbocycles. The van der Waals surface area contributed by atoms with Crippen LogP contribution in [0.5, 0.6) is 0 Å². The van der Waals surface area contributed by atoms with Crippen molar-refractivity contribution in [3.8, 4) is 0 Å². The number of hydrazine groups is 1. The molecule has 0 radical (unpaired) electrons. The largest absolute Gasteiger partial charge is 0.327 e. The van der Waals surface area contributed by atoms with Crippen molar-refractivity contribution in [2.24, 2.45) is 0 Å². The van der Waals surface area contributed by atoms with Crippen molar-refractivity contribution in [2.45, 2.75) is 13.5 Å². The van der Waals surface area contributed by atoms with Crippen molar-refractivity contribution in [3.05, 3.63) is 11.8 Å². The Bertz CT molecular complexity index is 133. The maximum Gasteiger partial charge on any atom is 0.327 e. The Morgan fingerprint density at radius 2 is 2.44 bits per heavy atom. The summed E-state index contributed by atoms with van der Waals surface area (Å²) in [6.07, 6.45) is 1.41. The third-order valence-electron chi connectivity index (χ3n) is 1.11. The summed E-state index contributed by atoms with van der Waals surface area (Å²) in [5.41, 5.74) is 3.42. The highest BCUT2D eigenvalue weighted by Gasteiger charge is 2.15. The lowest BCUT2D eigenvalue weighted by molar-refractivity contribution is -0.0170. The minimum absolute atomic E-state index is 0.532. The molecule has 1 rings (SSSR count). The fraction of sp³-hybridized carbons (Fsp3) is 0.600. The topological polar surface area (TPSA) is 15.3 Å². The Kier molecular flexibility index (Phi) is 1.66. The van der Waals surface area contributed by atoms with Crippen molar-refractivity contribution in [1.29, 1.82) is 0 Å². The molecule has 0 aromatic carbocycles. The molecule has 0 amide bonds. The second kappa shape index (κ2) is 2.31. The van der Waals surface area contributed by atoms with Gasteiger partial charge in [0, 0.05) is 12.7 Å². The van der Waals surface area contributed by atoms with E-state index >= 15 is 0 Å². The number of halogens is 2. The molecule has 0 fully saturated rings. The van der Waals surface area contributed by atoms with E-state index in [2.05, 4.69) is 5.43 Å². The van der Waals surface area contributed by atoms with Gasteiger partial charge in [0.1, 0.15) is 0 Å². The quantitative estimate of drug-likeness (QED) is 0.537. The highest BCUT2D eigenvalue weighted by atomic mass is 19.3. The van der Waals surface area contributed by atoms with Gasteiger partial charge in [-0.25, -0.2) is 5.43 Å². The van der Waals surface area contributed by atoms with E-state index in [0.717, 1.165) is 10.6 Å². The SMILES string of the molecule is CC1=CN(C(F)F)NC1. The van der Waals surface area contributed by atoms with Crippen LogP contribution in [0.15, 0.2) is 11.8 Å². The molecule has 4 heteroatoms. The van der Waals surface area contributed by atoms with Crippen LogP contribution in [-0.2, 0) is 0 Å². The highest BCUT2D eigenvalue weighted by Crippen LogP contribution is 2.08. The van der Waals surface area contributed by atoms with E-state index in [1.165, 1.54) is 6.20 Å². The van der Waals surface area contributed by atoms with Crippen LogP contribution in [0, 0.1) is 0 Å². The normalized spacial score (nSPS) is 19.1. The van der Waals surface area contributed by atoms with E-state index in [1.807, 2.05) is 0 Å². The van der Waals surface area contributed by atoms with Gasteiger partial charge in [-0.05, 0) is 12.5 Å². The zero-order chi connectivity index (χ0) is 6.85.